The highest BCUT2D eigenvalue weighted by Crippen LogP contribution is 2.36. The van der Waals surface area contributed by atoms with E-state index in [1.54, 1.807) is 43.3 Å². The van der Waals surface area contributed by atoms with Crippen LogP contribution in [-0.2, 0) is 33.0 Å². The van der Waals surface area contributed by atoms with E-state index in [0.717, 1.165) is 51.3 Å². The lowest BCUT2D eigenvalue weighted by Crippen LogP contribution is -2.43. The maximum Gasteiger partial charge on any atom is 0.415 e. The number of amides is 4. The van der Waals surface area contributed by atoms with Crippen LogP contribution in [0.2, 0.25) is 0 Å². The summed E-state index contributed by atoms with van der Waals surface area (Å²) >= 11 is 0. The number of hydrogen-bond donors (Lipinski definition) is 1. The fourth-order valence-corrected chi connectivity index (χ4v) is 7.47. The molecule has 1 atom stereocenters. The van der Waals surface area contributed by atoms with Crippen LogP contribution >= 0.6 is 0 Å². The second kappa shape index (κ2) is 14.7. The first-order chi connectivity index (χ1) is 25.9. The molecule has 1 N–H and O–H groups in total. The minimum atomic E-state index is -0.532. The minimum Gasteiger partial charge on any atom is -0.410 e. The molecule has 2 aliphatic rings. The number of ether oxygens (including phenoxy) is 1. The van der Waals surface area contributed by atoms with Crippen molar-refractivity contribution in [3.63, 3.8) is 0 Å². The van der Waals surface area contributed by atoms with Crippen LogP contribution in [0.3, 0.4) is 0 Å². The molecule has 0 bridgehead atoms. The third-order valence-electron chi connectivity index (χ3n) is 10.7. The summed E-state index contributed by atoms with van der Waals surface area (Å²) in [5, 5.41) is 3.06. The van der Waals surface area contributed by atoms with E-state index < -0.39 is 6.09 Å². The number of para-hydroxylation sites is 1. The highest BCUT2D eigenvalue weighted by molar-refractivity contribution is 6.07. The molecule has 0 aliphatic carbocycles. The Morgan fingerprint density at radius 3 is 2.30 bits per heavy atom. The van der Waals surface area contributed by atoms with Crippen LogP contribution in [0.25, 0.3) is 11.3 Å². The maximum absolute atomic E-state index is 14.8. The molecule has 4 amide bonds. The van der Waals surface area contributed by atoms with Crippen LogP contribution in [-0.4, -0.2) is 69.8 Å². The summed E-state index contributed by atoms with van der Waals surface area (Å²) in [6.45, 7) is 7.08. The van der Waals surface area contributed by atoms with Gasteiger partial charge >= 0.3 is 6.09 Å². The molecule has 0 saturated carbocycles. The first-order valence-electron chi connectivity index (χ1n) is 18.2. The number of nitrogens with zero attached hydrogens (tertiary/aromatic N) is 4. The third kappa shape index (κ3) is 6.99. The van der Waals surface area contributed by atoms with E-state index in [1.165, 1.54) is 10.5 Å². The van der Waals surface area contributed by atoms with E-state index in [-0.39, 0.29) is 36.1 Å². The van der Waals surface area contributed by atoms with E-state index in [0.29, 0.717) is 36.2 Å². The van der Waals surface area contributed by atoms with E-state index >= 15 is 0 Å². The Balaban J connectivity index is 1.24. The van der Waals surface area contributed by atoms with Crippen LogP contribution in [0.5, 0.6) is 5.75 Å². The zero-order valence-corrected chi connectivity index (χ0v) is 31.6. The lowest BCUT2D eigenvalue weighted by atomic mass is 9.90. The molecule has 1 aromatic heterocycles. The van der Waals surface area contributed by atoms with Crippen LogP contribution < -0.4 is 10.1 Å². The standard InChI is InChI=1S/C44H45N5O5/c1-27-12-7-10-17-39(27)45-41(50)36-24-40(47(6)29(36)3)37-22-31-18-19-48(44(53)54-35-16-11-15-32(21-35)42(51)46(4)5)25-34(31)23-38(37)43(52)49-26-33-14-9-8-13-30(33)20-28(49)2/h7-17,21-24,28H,18-20,25-26H2,1-6H3,(H,45,50)/t28-/m1/s1. The van der Waals surface area contributed by atoms with Crippen molar-refractivity contribution in [2.45, 2.75) is 52.7 Å². The quantitative estimate of drug-likeness (QED) is 0.197. The Kier molecular flexibility index (Phi) is 9.85. The van der Waals surface area contributed by atoms with Crippen molar-refractivity contribution in [2.24, 2.45) is 7.05 Å². The van der Waals surface area contributed by atoms with E-state index in [4.69, 9.17) is 4.74 Å². The number of aromatic nitrogens is 1. The van der Waals surface area contributed by atoms with Crippen molar-refractivity contribution >= 4 is 29.5 Å². The number of hydrogen-bond acceptors (Lipinski definition) is 5. The number of anilines is 1. The fraction of sp³-hybridized carbons (Fsp3) is 0.273. The van der Waals surface area contributed by atoms with Crippen LogP contribution in [0.1, 0.15) is 71.5 Å². The molecule has 10 nitrogen and oxygen atoms in total. The van der Waals surface area contributed by atoms with Gasteiger partial charge in [0.25, 0.3) is 17.7 Å². The second-order valence-corrected chi connectivity index (χ2v) is 14.5. The van der Waals surface area contributed by atoms with Crippen LogP contribution in [0, 0.1) is 13.8 Å². The van der Waals surface area contributed by atoms with Gasteiger partial charge in [-0.15, -0.1) is 0 Å². The van der Waals surface area contributed by atoms with Gasteiger partial charge in [0.1, 0.15) is 5.75 Å². The first-order valence-corrected chi connectivity index (χ1v) is 18.2. The Morgan fingerprint density at radius 1 is 0.796 bits per heavy atom. The summed E-state index contributed by atoms with van der Waals surface area (Å²) in [4.78, 5) is 59.5. The molecule has 276 valence electrons. The van der Waals surface area contributed by atoms with Crippen molar-refractivity contribution in [1.82, 2.24) is 19.3 Å². The molecule has 0 spiro atoms. The van der Waals surface area contributed by atoms with Crippen molar-refractivity contribution in [3.05, 3.63) is 141 Å². The van der Waals surface area contributed by atoms with E-state index in [2.05, 4.69) is 30.4 Å². The summed E-state index contributed by atoms with van der Waals surface area (Å²) in [5.74, 6) is -0.236. The molecule has 0 unspecified atom stereocenters. The topological polar surface area (TPSA) is 104 Å². The number of benzene rings is 4. The normalized spacial score (nSPS) is 14.9. The average Bonchev–Trinajstić information content (AvgIpc) is 3.47. The first kappa shape index (κ1) is 36.2. The molecule has 7 rings (SSSR count). The van der Waals surface area contributed by atoms with Gasteiger partial charge in [-0.05, 0) is 104 Å². The smallest absolute Gasteiger partial charge is 0.410 e. The summed E-state index contributed by atoms with van der Waals surface area (Å²) in [7, 11) is 5.26. The van der Waals surface area contributed by atoms with Gasteiger partial charge in [-0.3, -0.25) is 14.4 Å². The Labute approximate surface area is 315 Å². The average molecular weight is 724 g/mol. The van der Waals surface area contributed by atoms with Crippen molar-refractivity contribution < 1.29 is 23.9 Å². The van der Waals surface area contributed by atoms with Gasteiger partial charge in [-0.2, -0.15) is 0 Å². The summed E-state index contributed by atoms with van der Waals surface area (Å²) in [5.41, 5.74) is 9.68. The molecule has 0 saturated heterocycles. The van der Waals surface area contributed by atoms with Crippen molar-refractivity contribution in [3.8, 4) is 17.0 Å². The summed E-state index contributed by atoms with van der Waals surface area (Å²) < 4.78 is 7.73. The lowest BCUT2D eigenvalue weighted by Gasteiger charge is -2.36. The number of carbonyl (C=O) groups is 4. The van der Waals surface area contributed by atoms with Gasteiger partial charge in [0.05, 0.1) is 5.56 Å². The third-order valence-corrected chi connectivity index (χ3v) is 10.7. The van der Waals surface area contributed by atoms with E-state index in [9.17, 15) is 19.2 Å². The molecule has 54 heavy (non-hydrogen) atoms. The molecular weight excluding hydrogens is 679 g/mol. The predicted octanol–water partition coefficient (Wildman–Crippen LogP) is 7.41. The monoisotopic (exact) mass is 723 g/mol. The number of aryl methyl sites for hydroxylation is 1. The second-order valence-electron chi connectivity index (χ2n) is 14.5. The molecule has 4 aromatic carbocycles. The molecule has 0 radical (unpaired) electrons. The van der Waals surface area contributed by atoms with Gasteiger partial charge in [0, 0.05) is 80.6 Å². The Hall–Kier alpha value is -6.16. The number of fused-ring (bicyclic) bond motifs is 2. The molecule has 5 aromatic rings. The SMILES string of the molecule is Cc1ccccc1NC(=O)c1cc(-c2cc3c(cc2C(=O)N2Cc4ccccc4C[C@H]2C)CN(C(=O)Oc2cccc(C(=O)N(C)C)c2)CC3)n(C)c1C. The van der Waals surface area contributed by atoms with Crippen LogP contribution in [0.15, 0.2) is 91.0 Å². The van der Waals surface area contributed by atoms with Crippen molar-refractivity contribution in [2.75, 3.05) is 26.0 Å². The largest absolute Gasteiger partial charge is 0.415 e. The molecule has 0 fully saturated rings. The Bertz CT molecular complexity index is 2310. The summed E-state index contributed by atoms with van der Waals surface area (Å²) in [6, 6.07) is 28.3. The summed E-state index contributed by atoms with van der Waals surface area (Å²) in [6.07, 6.45) is 0.758. The molecule has 10 heteroatoms. The van der Waals surface area contributed by atoms with Gasteiger partial charge in [0.2, 0.25) is 0 Å². The van der Waals surface area contributed by atoms with Crippen LogP contribution in [0.4, 0.5) is 10.5 Å². The number of rotatable bonds is 6. The van der Waals surface area contributed by atoms with Gasteiger partial charge in [-0.1, -0.05) is 48.5 Å². The minimum absolute atomic E-state index is 0.0384. The van der Waals surface area contributed by atoms with Gasteiger partial charge in [0.15, 0.2) is 0 Å². The number of nitrogens with one attached hydrogen (secondary N) is 1. The lowest BCUT2D eigenvalue weighted by molar-refractivity contribution is 0.0658. The Morgan fingerprint density at radius 2 is 1.54 bits per heavy atom. The zero-order valence-electron chi connectivity index (χ0n) is 31.6. The van der Waals surface area contributed by atoms with Gasteiger partial charge in [-0.25, -0.2) is 4.79 Å². The highest BCUT2D eigenvalue weighted by Gasteiger charge is 2.32. The molecule has 3 heterocycles. The maximum atomic E-state index is 14.8. The predicted molar refractivity (Wildman–Crippen MR) is 209 cm³/mol. The van der Waals surface area contributed by atoms with Gasteiger partial charge < -0.3 is 29.3 Å². The zero-order chi connectivity index (χ0) is 38.3. The van der Waals surface area contributed by atoms with Crippen molar-refractivity contribution in [1.29, 1.82) is 0 Å². The number of carbonyl (C=O) groups excluding carboxylic acids is 4. The highest BCUT2D eigenvalue weighted by atomic mass is 16.6. The fourth-order valence-electron chi connectivity index (χ4n) is 7.47. The molecular formula is C44H45N5O5. The van der Waals surface area contributed by atoms with E-state index in [1.807, 2.05) is 78.9 Å². The molecule has 2 aliphatic heterocycles.